The molecule has 0 heterocycles. The summed E-state index contributed by atoms with van der Waals surface area (Å²) in [6.07, 6.45) is 0. The molecule has 0 aliphatic carbocycles. The van der Waals surface area contributed by atoms with E-state index in [9.17, 15) is 0 Å². The van der Waals surface area contributed by atoms with E-state index in [4.69, 9.17) is 38.4 Å². The Morgan fingerprint density at radius 1 is 0.818 bits per heavy atom. The maximum atomic E-state index is 8.74. The highest BCUT2D eigenvalue weighted by Gasteiger charge is 1.84. The van der Waals surface area contributed by atoms with Gasteiger partial charge in [-0.1, -0.05) is 11.3 Å². The van der Waals surface area contributed by atoms with Crippen molar-refractivity contribution in [2.24, 2.45) is 0 Å². The van der Waals surface area contributed by atoms with Crippen molar-refractivity contribution >= 4 is 10.4 Å². The van der Waals surface area contributed by atoms with Crippen LogP contribution in [0.4, 0.5) is 0 Å². The predicted octanol–water partition coefficient (Wildman–Crippen LogP) is -1.94. The molecule has 0 aliphatic rings. The van der Waals surface area contributed by atoms with Gasteiger partial charge in [0.2, 0.25) is 0 Å². The van der Waals surface area contributed by atoms with Crippen molar-refractivity contribution in [2.75, 3.05) is 0 Å². The van der Waals surface area contributed by atoms with Gasteiger partial charge in [-0.3, -0.25) is 29.9 Å². The molecular formula is H8N2O8S. The van der Waals surface area contributed by atoms with E-state index in [2.05, 4.69) is 0 Å². The second kappa shape index (κ2) is 12.3. The van der Waals surface area contributed by atoms with E-state index in [1.807, 2.05) is 0 Å². The molecule has 0 saturated heterocycles. The van der Waals surface area contributed by atoms with Crippen molar-refractivity contribution in [1.82, 2.24) is 11.3 Å². The molecule has 0 radical (unpaired) electrons. The largest absolute Gasteiger partial charge is 0.394 e. The van der Waals surface area contributed by atoms with E-state index in [1.54, 1.807) is 0 Å². The Bertz CT molecular complexity index is 115. The summed E-state index contributed by atoms with van der Waals surface area (Å²) in [4.78, 5) is 0. The lowest BCUT2D eigenvalue weighted by Crippen LogP contribution is -1.93. The molecule has 8 N–H and O–H groups in total. The van der Waals surface area contributed by atoms with Gasteiger partial charge < -0.3 is 0 Å². The molecular weight excluding hydrogens is 188 g/mol. The van der Waals surface area contributed by atoms with E-state index >= 15 is 0 Å². The van der Waals surface area contributed by atoms with Crippen LogP contribution in [0.25, 0.3) is 0 Å². The third kappa shape index (κ3) is 4100. The Labute approximate surface area is 61.1 Å². The van der Waals surface area contributed by atoms with Gasteiger partial charge in [0, 0.05) is 0 Å². The fourth-order valence-electron chi connectivity index (χ4n) is 0. The van der Waals surface area contributed by atoms with Crippen LogP contribution < -0.4 is 11.3 Å². The molecule has 11 heavy (non-hydrogen) atoms. The topological polar surface area (TPSA) is 180 Å². The lowest BCUT2D eigenvalue weighted by atomic mass is 13.3. The first-order chi connectivity index (χ1) is 4.83. The molecule has 0 amide bonds. The summed E-state index contributed by atoms with van der Waals surface area (Å²) in [5.74, 6) is 0. The Kier molecular flexibility index (Phi) is 19.0. The zero-order valence-electron chi connectivity index (χ0n) is 4.91. The second-order valence-electron chi connectivity index (χ2n) is 0.648. The highest BCUT2D eigenvalue weighted by molar-refractivity contribution is 7.79. The lowest BCUT2D eigenvalue weighted by molar-refractivity contribution is -0.0682. The van der Waals surface area contributed by atoms with Crippen LogP contribution in [-0.4, -0.2) is 38.4 Å². The molecule has 0 atom stereocenters. The normalized spacial score (nSPS) is 8.55. The van der Waals surface area contributed by atoms with Crippen molar-refractivity contribution in [3.63, 3.8) is 0 Å². The van der Waals surface area contributed by atoms with Gasteiger partial charge in [-0.25, -0.2) is 0 Å². The van der Waals surface area contributed by atoms with E-state index in [-0.39, 0.29) is 0 Å². The second-order valence-corrected chi connectivity index (χ2v) is 1.54. The molecule has 0 unspecified atom stereocenters. The van der Waals surface area contributed by atoms with Crippen LogP contribution in [0.5, 0.6) is 0 Å². The van der Waals surface area contributed by atoms with Gasteiger partial charge in [0.1, 0.15) is 0 Å². The van der Waals surface area contributed by atoms with Crippen LogP contribution in [0.1, 0.15) is 0 Å². The van der Waals surface area contributed by atoms with Gasteiger partial charge in [0.05, 0.1) is 0 Å². The third-order valence-electron chi connectivity index (χ3n) is 0. The smallest absolute Gasteiger partial charge is 0.292 e. The fourth-order valence-corrected chi connectivity index (χ4v) is 0. The van der Waals surface area contributed by atoms with Crippen molar-refractivity contribution in [3.05, 3.63) is 0 Å². The summed E-state index contributed by atoms with van der Waals surface area (Å²) in [5, 5.41) is 27.5. The number of nitrogens with one attached hydrogen (secondary N) is 2. The summed E-state index contributed by atoms with van der Waals surface area (Å²) in [5.41, 5.74) is 1.50. The highest BCUT2D eigenvalue weighted by atomic mass is 32.3. The van der Waals surface area contributed by atoms with Crippen LogP contribution in [0.3, 0.4) is 0 Å². The highest BCUT2D eigenvalue weighted by Crippen LogP contribution is 1.59. The summed E-state index contributed by atoms with van der Waals surface area (Å²) >= 11 is 0. The summed E-state index contributed by atoms with van der Waals surface area (Å²) < 4.78 is 31.6. The zero-order chi connectivity index (χ0) is 9.91. The standard InChI is InChI=1S/2H3NO2.H2O4S/c2*2-1-3;1-5(2,3)4/h2*1-3H;(H2,1,2,3,4). The van der Waals surface area contributed by atoms with Crippen LogP contribution >= 0.6 is 0 Å². The molecule has 72 valence electrons. The summed E-state index contributed by atoms with van der Waals surface area (Å²) in [6, 6.07) is 0. The van der Waals surface area contributed by atoms with E-state index < -0.39 is 10.4 Å². The first kappa shape index (κ1) is 16.9. The maximum absolute atomic E-state index is 8.74. The Morgan fingerprint density at radius 3 is 0.818 bits per heavy atom. The first-order valence-corrected chi connectivity index (χ1v) is 2.99. The van der Waals surface area contributed by atoms with Gasteiger partial charge in [-0.05, 0) is 0 Å². The molecule has 0 bridgehead atoms. The molecule has 0 aromatic heterocycles. The van der Waals surface area contributed by atoms with Crippen LogP contribution in [-0.2, 0) is 10.4 Å². The zero-order valence-corrected chi connectivity index (χ0v) is 5.72. The van der Waals surface area contributed by atoms with E-state index in [0.29, 0.717) is 0 Å². The van der Waals surface area contributed by atoms with Gasteiger partial charge >= 0.3 is 10.4 Å². The molecule has 0 aromatic carbocycles. The molecule has 0 fully saturated rings. The average molecular weight is 196 g/mol. The van der Waals surface area contributed by atoms with Gasteiger partial charge in [0.25, 0.3) is 0 Å². The molecule has 0 saturated carbocycles. The monoisotopic (exact) mass is 196 g/mol. The van der Waals surface area contributed by atoms with Crippen LogP contribution in [0, 0.1) is 0 Å². The minimum atomic E-state index is -4.67. The Balaban J connectivity index is -0.0000000933. The minimum absolute atomic E-state index is 0.750. The number of hydrogen-bond acceptors (Lipinski definition) is 8. The maximum Gasteiger partial charge on any atom is 0.394 e. The van der Waals surface area contributed by atoms with Gasteiger partial charge in [-0.2, -0.15) is 8.42 Å². The SMILES string of the molecule is O=S(=O)(O)O.ONO.ONO. The van der Waals surface area contributed by atoms with Crippen molar-refractivity contribution in [3.8, 4) is 0 Å². The fraction of sp³-hybridized carbons (Fsp3) is 0. The molecule has 10 nitrogen and oxygen atoms in total. The lowest BCUT2D eigenvalue weighted by Gasteiger charge is -1.68. The number of hydrogen-bond donors (Lipinski definition) is 8. The summed E-state index contributed by atoms with van der Waals surface area (Å²) in [7, 11) is -4.67. The average Bonchev–Trinajstić information content (AvgIpc) is 1.62. The van der Waals surface area contributed by atoms with Crippen LogP contribution in [0.15, 0.2) is 0 Å². The van der Waals surface area contributed by atoms with Gasteiger partial charge in [0.15, 0.2) is 0 Å². The molecule has 0 aliphatic heterocycles. The quantitative estimate of drug-likeness (QED) is 0.160. The van der Waals surface area contributed by atoms with Crippen LogP contribution in [0.2, 0.25) is 0 Å². The Hall–Kier alpha value is -0.370. The molecule has 0 rings (SSSR count). The number of rotatable bonds is 0. The minimum Gasteiger partial charge on any atom is -0.292 e. The molecule has 0 aromatic rings. The first-order valence-electron chi connectivity index (χ1n) is 1.59. The third-order valence-corrected chi connectivity index (χ3v) is 0. The molecule has 0 spiro atoms. The Morgan fingerprint density at radius 2 is 0.818 bits per heavy atom. The molecule has 11 heteroatoms. The summed E-state index contributed by atoms with van der Waals surface area (Å²) in [6.45, 7) is 0. The van der Waals surface area contributed by atoms with Crippen molar-refractivity contribution < 1.29 is 38.4 Å². The van der Waals surface area contributed by atoms with E-state index in [0.717, 1.165) is 11.3 Å². The van der Waals surface area contributed by atoms with Gasteiger partial charge in [-0.15, -0.1) is 0 Å². The van der Waals surface area contributed by atoms with E-state index in [1.165, 1.54) is 0 Å². The predicted molar refractivity (Wildman–Crippen MR) is 27.6 cm³/mol. The van der Waals surface area contributed by atoms with Crippen molar-refractivity contribution in [2.45, 2.75) is 0 Å². The van der Waals surface area contributed by atoms with Crippen molar-refractivity contribution in [1.29, 1.82) is 0 Å².